The molecule has 0 unspecified atom stereocenters. The Kier molecular flexibility index (Phi) is 3.55. The molecule has 0 spiro atoms. The van der Waals surface area contributed by atoms with Crippen molar-refractivity contribution in [1.29, 1.82) is 0 Å². The number of hydrogen-bond donors (Lipinski definition) is 0. The Hall–Kier alpha value is -1.46. The molecule has 80 valence electrons. The minimum absolute atomic E-state index is 0.488. The molecule has 1 heterocycles. The lowest BCUT2D eigenvalue weighted by Crippen LogP contribution is -2.53. The van der Waals surface area contributed by atoms with Crippen LogP contribution in [0.15, 0.2) is 0 Å². The average Bonchev–Trinajstić information content (AvgIpc) is 2.27. The Morgan fingerprint density at radius 3 is 1.57 bits per heavy atom. The fraction of sp³-hybridized carbons (Fsp3) is 0.750. The van der Waals surface area contributed by atoms with E-state index in [1.807, 2.05) is 0 Å². The average molecular weight is 202 g/mol. The van der Waals surface area contributed by atoms with E-state index < -0.39 is 12.2 Å². The number of rotatable bonds is 0. The van der Waals surface area contributed by atoms with Crippen LogP contribution in [0.4, 0.5) is 9.59 Å². The van der Waals surface area contributed by atoms with Crippen LogP contribution in [0.3, 0.4) is 0 Å². The van der Waals surface area contributed by atoms with Gasteiger partial charge in [0.2, 0.25) is 0 Å². The molecule has 1 rings (SSSR count). The summed E-state index contributed by atoms with van der Waals surface area (Å²) in [4.78, 5) is 22.5. The maximum Gasteiger partial charge on any atom is 0.428 e. The predicted octanol–water partition coefficient (Wildman–Crippen LogP) is 0.832. The summed E-state index contributed by atoms with van der Waals surface area (Å²) in [6.45, 7) is 0.976. The van der Waals surface area contributed by atoms with Gasteiger partial charge in [-0.2, -0.15) is 0 Å². The molecule has 0 aromatic heterocycles. The Balaban J connectivity index is 2.68. The van der Waals surface area contributed by atoms with Gasteiger partial charge in [0.15, 0.2) is 0 Å². The number of nitrogens with zero attached hydrogens (tertiary/aromatic N) is 2. The first-order chi connectivity index (χ1) is 6.70. The number of amides is 2. The Morgan fingerprint density at radius 2 is 1.29 bits per heavy atom. The smallest absolute Gasteiger partial charge is 0.428 e. The van der Waals surface area contributed by atoms with E-state index in [0.717, 1.165) is 12.8 Å². The predicted molar refractivity (Wildman–Crippen MR) is 47.5 cm³/mol. The van der Waals surface area contributed by atoms with Gasteiger partial charge >= 0.3 is 12.2 Å². The molecule has 14 heavy (non-hydrogen) atoms. The number of hydrazine groups is 1. The van der Waals surface area contributed by atoms with Crippen LogP contribution in [0, 0.1) is 0 Å². The van der Waals surface area contributed by atoms with Crippen molar-refractivity contribution in [2.45, 2.75) is 12.8 Å². The molecule has 0 radical (unpaired) electrons. The maximum atomic E-state index is 11.3. The monoisotopic (exact) mass is 202 g/mol. The van der Waals surface area contributed by atoms with Gasteiger partial charge in [-0.1, -0.05) is 0 Å². The quantitative estimate of drug-likeness (QED) is 0.583. The number of hydrogen-bond acceptors (Lipinski definition) is 4. The van der Waals surface area contributed by atoms with Gasteiger partial charge in [0.1, 0.15) is 0 Å². The van der Waals surface area contributed by atoms with Crippen LogP contribution in [-0.4, -0.2) is 49.5 Å². The maximum absolute atomic E-state index is 11.3. The third-order valence-corrected chi connectivity index (χ3v) is 2.05. The summed E-state index contributed by atoms with van der Waals surface area (Å²) in [6.07, 6.45) is 0.663. The molecule has 0 bridgehead atoms. The molecule has 1 aliphatic heterocycles. The van der Waals surface area contributed by atoms with Crippen LogP contribution in [0.2, 0.25) is 0 Å². The summed E-state index contributed by atoms with van der Waals surface area (Å²) in [6, 6.07) is 0. The second-order valence-electron chi connectivity index (χ2n) is 2.89. The fourth-order valence-corrected chi connectivity index (χ4v) is 1.36. The van der Waals surface area contributed by atoms with Crippen LogP contribution in [0.25, 0.3) is 0 Å². The van der Waals surface area contributed by atoms with Crippen molar-refractivity contribution in [3.63, 3.8) is 0 Å². The van der Waals surface area contributed by atoms with Gasteiger partial charge in [-0.25, -0.2) is 19.6 Å². The van der Waals surface area contributed by atoms with Gasteiger partial charge in [-0.05, 0) is 12.8 Å². The van der Waals surface area contributed by atoms with Crippen LogP contribution in [0.5, 0.6) is 0 Å². The summed E-state index contributed by atoms with van der Waals surface area (Å²) in [5.74, 6) is 0. The van der Waals surface area contributed by atoms with Crippen molar-refractivity contribution in [2.24, 2.45) is 0 Å². The summed E-state index contributed by atoms with van der Waals surface area (Å²) in [5, 5.41) is 2.52. The number of methoxy groups -OCH3 is 2. The highest BCUT2D eigenvalue weighted by Gasteiger charge is 2.29. The first-order valence-electron chi connectivity index (χ1n) is 4.41. The molecule has 2 amide bonds. The second-order valence-corrected chi connectivity index (χ2v) is 2.89. The van der Waals surface area contributed by atoms with Crippen molar-refractivity contribution in [1.82, 2.24) is 10.0 Å². The van der Waals surface area contributed by atoms with Gasteiger partial charge in [0, 0.05) is 13.1 Å². The summed E-state index contributed by atoms with van der Waals surface area (Å²) >= 11 is 0. The van der Waals surface area contributed by atoms with Crippen molar-refractivity contribution in [3.05, 3.63) is 0 Å². The van der Waals surface area contributed by atoms with Gasteiger partial charge in [0.25, 0.3) is 0 Å². The van der Waals surface area contributed by atoms with E-state index in [9.17, 15) is 9.59 Å². The molecule has 1 saturated heterocycles. The summed E-state index contributed by atoms with van der Waals surface area (Å²) in [5.41, 5.74) is 0. The van der Waals surface area contributed by atoms with Gasteiger partial charge < -0.3 is 9.47 Å². The summed E-state index contributed by atoms with van der Waals surface area (Å²) in [7, 11) is 2.57. The standard InChI is InChI=1S/C8H14N2O4/c1-13-7(11)9-5-3-4-6-10(9)8(12)14-2/h3-6H2,1-2H3. The van der Waals surface area contributed by atoms with Crippen LogP contribution in [0.1, 0.15) is 12.8 Å². The third-order valence-electron chi connectivity index (χ3n) is 2.05. The molecule has 0 aliphatic carbocycles. The number of carbonyl (C=O) groups is 2. The Bertz CT molecular complexity index is 207. The largest absolute Gasteiger partial charge is 0.452 e. The number of ether oxygens (including phenoxy) is 2. The van der Waals surface area contributed by atoms with Gasteiger partial charge in [0.05, 0.1) is 14.2 Å². The van der Waals surface area contributed by atoms with Gasteiger partial charge in [-0.3, -0.25) is 0 Å². The molecule has 6 nitrogen and oxygen atoms in total. The van der Waals surface area contributed by atoms with E-state index in [0.29, 0.717) is 13.1 Å². The van der Waals surface area contributed by atoms with E-state index in [2.05, 4.69) is 9.47 Å². The third kappa shape index (κ3) is 2.07. The van der Waals surface area contributed by atoms with Crippen LogP contribution >= 0.6 is 0 Å². The summed E-state index contributed by atoms with van der Waals surface area (Å²) < 4.78 is 9.10. The first-order valence-corrected chi connectivity index (χ1v) is 4.41. The molecule has 6 heteroatoms. The minimum Gasteiger partial charge on any atom is -0.452 e. The van der Waals surface area contributed by atoms with Crippen molar-refractivity contribution in [2.75, 3.05) is 27.3 Å². The van der Waals surface area contributed by atoms with E-state index in [1.54, 1.807) is 0 Å². The van der Waals surface area contributed by atoms with E-state index in [4.69, 9.17) is 0 Å². The molecule has 1 aliphatic rings. The lowest BCUT2D eigenvalue weighted by atomic mass is 10.2. The van der Waals surface area contributed by atoms with E-state index >= 15 is 0 Å². The molecular weight excluding hydrogens is 188 g/mol. The highest BCUT2D eigenvalue weighted by molar-refractivity contribution is 5.74. The normalized spacial score (nSPS) is 16.4. The SMILES string of the molecule is COC(=O)N1CCCCN1C(=O)OC. The molecular formula is C8H14N2O4. The second kappa shape index (κ2) is 4.69. The number of carbonyl (C=O) groups excluding carboxylic acids is 2. The topological polar surface area (TPSA) is 59.1 Å². The molecule has 0 saturated carbocycles. The molecule has 0 aromatic rings. The Morgan fingerprint density at radius 1 is 0.929 bits per heavy atom. The van der Waals surface area contributed by atoms with Crippen molar-refractivity contribution in [3.8, 4) is 0 Å². The van der Waals surface area contributed by atoms with E-state index in [1.165, 1.54) is 24.2 Å². The van der Waals surface area contributed by atoms with Gasteiger partial charge in [-0.15, -0.1) is 0 Å². The lowest BCUT2D eigenvalue weighted by Gasteiger charge is -2.35. The zero-order valence-corrected chi connectivity index (χ0v) is 8.36. The zero-order valence-electron chi connectivity index (χ0n) is 8.36. The first kappa shape index (κ1) is 10.6. The molecule has 0 N–H and O–H groups in total. The fourth-order valence-electron chi connectivity index (χ4n) is 1.36. The van der Waals surface area contributed by atoms with Crippen molar-refractivity contribution < 1.29 is 19.1 Å². The Labute approximate surface area is 82.3 Å². The lowest BCUT2D eigenvalue weighted by molar-refractivity contribution is -0.0278. The molecule has 0 aromatic carbocycles. The molecule has 1 fully saturated rings. The van der Waals surface area contributed by atoms with Crippen LogP contribution in [-0.2, 0) is 9.47 Å². The highest BCUT2D eigenvalue weighted by atomic mass is 16.6. The highest BCUT2D eigenvalue weighted by Crippen LogP contribution is 2.12. The van der Waals surface area contributed by atoms with Crippen LogP contribution < -0.4 is 0 Å². The molecule has 0 atom stereocenters. The van der Waals surface area contributed by atoms with E-state index in [-0.39, 0.29) is 0 Å². The van der Waals surface area contributed by atoms with Crippen molar-refractivity contribution >= 4 is 12.2 Å². The zero-order chi connectivity index (χ0) is 10.6. The minimum atomic E-state index is -0.532.